The second-order valence-corrected chi connectivity index (χ2v) is 6.89. The number of hydrogen-bond acceptors (Lipinski definition) is 2. The smallest absolute Gasteiger partial charge is 0.0524 e. The Kier molecular flexibility index (Phi) is 3.66. The van der Waals surface area contributed by atoms with Gasteiger partial charge in [0.05, 0.1) is 5.69 Å². The Morgan fingerprint density at radius 2 is 1.84 bits per heavy atom. The maximum atomic E-state index is 4.58. The van der Waals surface area contributed by atoms with Crippen LogP contribution in [0.15, 0.2) is 12.3 Å². The van der Waals surface area contributed by atoms with Crippen molar-refractivity contribution < 1.29 is 0 Å². The zero-order chi connectivity index (χ0) is 13.3. The summed E-state index contributed by atoms with van der Waals surface area (Å²) in [4.78, 5) is 2.66. The fourth-order valence-electron chi connectivity index (χ4n) is 3.86. The molecule has 3 heteroatoms. The molecule has 0 radical (unpaired) electrons. The first-order valence-corrected chi connectivity index (χ1v) is 7.93. The van der Waals surface area contributed by atoms with Crippen molar-refractivity contribution in [2.75, 3.05) is 6.54 Å². The van der Waals surface area contributed by atoms with Gasteiger partial charge in [0, 0.05) is 37.3 Å². The zero-order valence-corrected chi connectivity index (χ0v) is 12.4. The lowest BCUT2D eigenvalue weighted by molar-refractivity contribution is 0.0986. The van der Waals surface area contributed by atoms with Crippen LogP contribution >= 0.6 is 0 Å². The lowest BCUT2D eigenvalue weighted by atomic mass is 9.79. The van der Waals surface area contributed by atoms with E-state index in [4.69, 9.17) is 0 Å². The van der Waals surface area contributed by atoms with E-state index < -0.39 is 0 Å². The predicted octanol–water partition coefficient (Wildman–Crippen LogP) is 3.45. The molecule has 106 valence electrons. The number of hydrogen-bond donors (Lipinski definition) is 0. The topological polar surface area (TPSA) is 21.1 Å². The van der Waals surface area contributed by atoms with E-state index in [-0.39, 0.29) is 0 Å². The molecule has 2 heterocycles. The molecule has 1 aromatic rings. The standard InChI is InChI=1S/C16H27N3/c1-14(2)18-11-15-7-10-17-19(15)13-16(12-18)8-5-3-4-6-9-16/h7,10,14H,3-6,8-9,11-13H2,1-2H3. The summed E-state index contributed by atoms with van der Waals surface area (Å²) in [5, 5.41) is 4.58. The average Bonchev–Trinajstić information content (AvgIpc) is 2.61. The number of fused-ring (bicyclic) bond motifs is 1. The van der Waals surface area contributed by atoms with Gasteiger partial charge >= 0.3 is 0 Å². The molecule has 19 heavy (non-hydrogen) atoms. The minimum Gasteiger partial charge on any atom is -0.295 e. The molecule has 2 aliphatic rings. The van der Waals surface area contributed by atoms with Gasteiger partial charge in [-0.2, -0.15) is 5.10 Å². The average molecular weight is 261 g/mol. The Bertz CT molecular complexity index is 413. The molecule has 0 N–H and O–H groups in total. The van der Waals surface area contributed by atoms with E-state index in [0.717, 1.165) is 13.1 Å². The third-order valence-corrected chi connectivity index (χ3v) is 5.09. The van der Waals surface area contributed by atoms with E-state index in [2.05, 4.69) is 34.6 Å². The fraction of sp³-hybridized carbons (Fsp3) is 0.812. The van der Waals surface area contributed by atoms with Crippen LogP contribution in [-0.4, -0.2) is 27.3 Å². The highest BCUT2D eigenvalue weighted by Crippen LogP contribution is 2.39. The van der Waals surface area contributed by atoms with Gasteiger partial charge in [0.15, 0.2) is 0 Å². The predicted molar refractivity (Wildman–Crippen MR) is 77.9 cm³/mol. The van der Waals surface area contributed by atoms with E-state index in [9.17, 15) is 0 Å². The molecular formula is C16H27N3. The summed E-state index contributed by atoms with van der Waals surface area (Å²) >= 11 is 0. The first-order valence-electron chi connectivity index (χ1n) is 7.93. The van der Waals surface area contributed by atoms with Gasteiger partial charge in [-0.25, -0.2) is 0 Å². The van der Waals surface area contributed by atoms with Crippen LogP contribution in [0.4, 0.5) is 0 Å². The van der Waals surface area contributed by atoms with Gasteiger partial charge in [-0.15, -0.1) is 0 Å². The summed E-state index contributed by atoms with van der Waals surface area (Å²) in [7, 11) is 0. The number of nitrogens with zero attached hydrogens (tertiary/aromatic N) is 3. The monoisotopic (exact) mass is 261 g/mol. The van der Waals surface area contributed by atoms with Gasteiger partial charge in [0.25, 0.3) is 0 Å². The normalized spacial score (nSPS) is 24.2. The lowest BCUT2D eigenvalue weighted by Crippen LogP contribution is -2.40. The summed E-state index contributed by atoms with van der Waals surface area (Å²) in [6, 6.07) is 2.83. The van der Waals surface area contributed by atoms with Crippen LogP contribution in [0.1, 0.15) is 58.1 Å². The zero-order valence-electron chi connectivity index (χ0n) is 12.4. The molecular weight excluding hydrogens is 234 g/mol. The van der Waals surface area contributed by atoms with Gasteiger partial charge in [0.2, 0.25) is 0 Å². The van der Waals surface area contributed by atoms with E-state index in [1.54, 1.807) is 0 Å². The summed E-state index contributed by atoms with van der Waals surface area (Å²) in [6.07, 6.45) is 10.4. The molecule has 1 aliphatic heterocycles. The molecule has 3 nitrogen and oxygen atoms in total. The quantitative estimate of drug-likeness (QED) is 0.772. The van der Waals surface area contributed by atoms with Gasteiger partial charge in [0.1, 0.15) is 0 Å². The maximum Gasteiger partial charge on any atom is 0.0524 e. The van der Waals surface area contributed by atoms with Crippen molar-refractivity contribution in [1.82, 2.24) is 14.7 Å². The van der Waals surface area contributed by atoms with Crippen LogP contribution in [0.5, 0.6) is 0 Å². The van der Waals surface area contributed by atoms with Crippen LogP contribution in [0, 0.1) is 5.41 Å². The lowest BCUT2D eigenvalue weighted by Gasteiger charge is -2.37. The molecule has 0 atom stereocenters. The Balaban J connectivity index is 1.91. The van der Waals surface area contributed by atoms with E-state index >= 15 is 0 Å². The molecule has 3 rings (SSSR count). The van der Waals surface area contributed by atoms with Crippen molar-refractivity contribution in [3.8, 4) is 0 Å². The minimum absolute atomic E-state index is 0.470. The highest BCUT2D eigenvalue weighted by Gasteiger charge is 2.37. The minimum atomic E-state index is 0.470. The molecule has 0 amide bonds. The van der Waals surface area contributed by atoms with Crippen LogP contribution in [0.3, 0.4) is 0 Å². The van der Waals surface area contributed by atoms with Crippen molar-refractivity contribution in [2.45, 2.75) is 71.5 Å². The van der Waals surface area contributed by atoms with E-state index in [0.29, 0.717) is 11.5 Å². The Morgan fingerprint density at radius 1 is 1.11 bits per heavy atom. The molecule has 0 unspecified atom stereocenters. The Morgan fingerprint density at radius 3 is 2.53 bits per heavy atom. The summed E-state index contributed by atoms with van der Waals surface area (Å²) in [5.74, 6) is 0. The molecule has 1 fully saturated rings. The molecule has 0 saturated heterocycles. The third kappa shape index (κ3) is 2.71. The van der Waals surface area contributed by atoms with Crippen LogP contribution in [0.25, 0.3) is 0 Å². The fourth-order valence-corrected chi connectivity index (χ4v) is 3.86. The van der Waals surface area contributed by atoms with Crippen LogP contribution < -0.4 is 0 Å². The largest absolute Gasteiger partial charge is 0.295 e. The SMILES string of the molecule is CC(C)N1Cc2ccnn2CC2(CCCCCC2)C1. The molecule has 1 aliphatic carbocycles. The van der Waals surface area contributed by atoms with Crippen molar-refractivity contribution in [3.63, 3.8) is 0 Å². The summed E-state index contributed by atoms with van der Waals surface area (Å²) in [6.45, 7) is 8.12. The van der Waals surface area contributed by atoms with Crippen molar-refractivity contribution >= 4 is 0 Å². The van der Waals surface area contributed by atoms with Gasteiger partial charge < -0.3 is 0 Å². The van der Waals surface area contributed by atoms with Crippen molar-refractivity contribution in [1.29, 1.82) is 0 Å². The second kappa shape index (κ2) is 5.28. The second-order valence-electron chi connectivity index (χ2n) is 6.89. The van der Waals surface area contributed by atoms with E-state index in [1.165, 1.54) is 50.8 Å². The molecule has 1 spiro atoms. The highest BCUT2D eigenvalue weighted by molar-refractivity contribution is 5.05. The third-order valence-electron chi connectivity index (χ3n) is 5.09. The van der Waals surface area contributed by atoms with Crippen LogP contribution in [-0.2, 0) is 13.1 Å². The van der Waals surface area contributed by atoms with Gasteiger partial charge in [-0.05, 0) is 32.8 Å². The van der Waals surface area contributed by atoms with Crippen LogP contribution in [0.2, 0.25) is 0 Å². The molecule has 0 bridgehead atoms. The van der Waals surface area contributed by atoms with E-state index in [1.807, 2.05) is 6.20 Å². The molecule has 1 aromatic heterocycles. The Labute approximate surface area is 117 Å². The number of rotatable bonds is 1. The summed E-state index contributed by atoms with van der Waals surface area (Å²) < 4.78 is 2.29. The summed E-state index contributed by atoms with van der Waals surface area (Å²) in [5.41, 5.74) is 1.87. The molecule has 0 aromatic carbocycles. The Hall–Kier alpha value is -0.830. The highest BCUT2D eigenvalue weighted by atomic mass is 15.3. The van der Waals surface area contributed by atoms with Crippen molar-refractivity contribution in [2.24, 2.45) is 5.41 Å². The first-order chi connectivity index (χ1) is 9.19. The van der Waals surface area contributed by atoms with Gasteiger partial charge in [-0.1, -0.05) is 25.7 Å². The van der Waals surface area contributed by atoms with Crippen molar-refractivity contribution in [3.05, 3.63) is 18.0 Å². The maximum absolute atomic E-state index is 4.58. The molecule has 1 saturated carbocycles. The number of aromatic nitrogens is 2. The first kappa shape index (κ1) is 13.2. The van der Waals surface area contributed by atoms with Gasteiger partial charge in [-0.3, -0.25) is 9.58 Å².